The van der Waals surface area contributed by atoms with E-state index in [-0.39, 0.29) is 23.9 Å². The summed E-state index contributed by atoms with van der Waals surface area (Å²) in [7, 11) is 0. The summed E-state index contributed by atoms with van der Waals surface area (Å²) >= 11 is 0.612. The van der Waals surface area contributed by atoms with Gasteiger partial charge >= 0.3 is 69.6 Å². The van der Waals surface area contributed by atoms with E-state index in [9.17, 15) is 0 Å². The van der Waals surface area contributed by atoms with Gasteiger partial charge in [-0.2, -0.15) is 0 Å². The minimum absolute atomic E-state index is 0. The van der Waals surface area contributed by atoms with Crippen molar-refractivity contribution >= 4 is 23.9 Å². The Labute approximate surface area is 92.8 Å². The molecule has 10 heavy (non-hydrogen) atoms. The summed E-state index contributed by atoms with van der Waals surface area (Å²) in [6.07, 6.45) is 5.76. The van der Waals surface area contributed by atoms with Gasteiger partial charge in [0.2, 0.25) is 0 Å². The molecule has 0 atom stereocenters. The summed E-state index contributed by atoms with van der Waals surface area (Å²) in [5, 5.41) is 0. The molecule has 0 aromatic rings. The zero-order chi connectivity index (χ0) is 6.95. The van der Waals surface area contributed by atoms with Crippen LogP contribution >= 0.6 is 0 Å². The van der Waals surface area contributed by atoms with E-state index >= 15 is 0 Å². The predicted octanol–water partition coefficient (Wildman–Crippen LogP) is -0.705. The largest absolute Gasteiger partial charge is 0 e. The van der Waals surface area contributed by atoms with Gasteiger partial charge in [-0.3, -0.25) is 0 Å². The van der Waals surface area contributed by atoms with Crippen molar-refractivity contribution in [1.82, 2.24) is 0 Å². The normalized spacial score (nSPS) is 9.40. The van der Waals surface area contributed by atoms with E-state index < -0.39 is 0 Å². The maximum absolute atomic E-state index is 2.28. The van der Waals surface area contributed by atoms with Crippen LogP contribution in [0.25, 0.3) is 0 Å². The molecule has 0 saturated heterocycles. The summed E-state index contributed by atoms with van der Waals surface area (Å²) in [5.74, 6) is 0. The fourth-order valence-electron chi connectivity index (χ4n) is 0.551. The van der Waals surface area contributed by atoms with E-state index in [0.29, 0.717) is 21.2 Å². The van der Waals surface area contributed by atoms with Crippen LogP contribution < -0.4 is 21.2 Å². The van der Waals surface area contributed by atoms with Gasteiger partial charge in [-0.15, -0.1) is 0 Å². The van der Waals surface area contributed by atoms with Crippen LogP contribution in [-0.2, 0) is 0 Å². The molecule has 0 N–H and O–H groups in total. The maximum atomic E-state index is 2.28. The van der Waals surface area contributed by atoms with E-state index in [1.54, 1.807) is 8.86 Å². The van der Waals surface area contributed by atoms with E-state index in [1.807, 2.05) is 0 Å². The molecular weight excluding hydrogens is 342 g/mol. The maximum Gasteiger partial charge on any atom is 0 e. The predicted molar refractivity (Wildman–Crippen MR) is 45.3 cm³/mol. The molecule has 0 unspecified atom stereocenters. The van der Waals surface area contributed by atoms with E-state index in [4.69, 9.17) is 0 Å². The molecule has 0 amide bonds. The Bertz CT molecular complexity index is 42.5. The van der Waals surface area contributed by atoms with Crippen molar-refractivity contribution in [3.05, 3.63) is 0 Å². The Hall–Kier alpha value is 1.53. The van der Waals surface area contributed by atoms with Gasteiger partial charge in [-0.1, -0.05) is 0 Å². The SMILES string of the molecule is CCCC[I-]CCCC.[Sn]. The average molecular weight is 360 g/mol. The molecule has 0 saturated carbocycles. The molecule has 0 aromatic heterocycles. The molecule has 0 aliphatic rings. The topological polar surface area (TPSA) is 0 Å². The number of halogens is 1. The Morgan fingerprint density at radius 3 is 1.60 bits per heavy atom. The van der Waals surface area contributed by atoms with Gasteiger partial charge in [0.15, 0.2) is 0 Å². The standard InChI is InChI=1S/C8H18I.Sn/c1-3-5-7-9-8-6-4-2;/h3-8H2,1-2H3;/q-1;. The molecule has 2 heteroatoms. The smallest absolute Gasteiger partial charge is 0 e. The third-order valence-electron chi connectivity index (χ3n) is 1.24. The van der Waals surface area contributed by atoms with Crippen LogP contribution in [0.3, 0.4) is 0 Å². The van der Waals surface area contributed by atoms with E-state index in [1.165, 1.54) is 25.7 Å². The molecule has 0 aromatic carbocycles. The van der Waals surface area contributed by atoms with Crippen LogP contribution in [0.15, 0.2) is 0 Å². The van der Waals surface area contributed by atoms with Crippen LogP contribution in [0.4, 0.5) is 0 Å². The van der Waals surface area contributed by atoms with Crippen molar-refractivity contribution in [3.63, 3.8) is 0 Å². The second kappa shape index (κ2) is 13.1. The Kier molecular flexibility index (Phi) is 18.5. The molecule has 0 rings (SSSR count). The minimum Gasteiger partial charge on any atom is 0 e. The fourth-order valence-corrected chi connectivity index (χ4v) is 3.69. The Balaban J connectivity index is 0. The van der Waals surface area contributed by atoms with Crippen LogP contribution in [0, 0.1) is 0 Å². The first kappa shape index (κ1) is 14.1. The summed E-state index contributed by atoms with van der Waals surface area (Å²) in [4.78, 5) is 0. The molecule has 0 fully saturated rings. The number of unbranched alkanes of at least 4 members (excludes halogenated alkanes) is 2. The van der Waals surface area contributed by atoms with Gasteiger partial charge in [0, 0.05) is 23.9 Å². The quantitative estimate of drug-likeness (QED) is 0.254. The molecule has 0 nitrogen and oxygen atoms in total. The van der Waals surface area contributed by atoms with Gasteiger partial charge < -0.3 is 0 Å². The first-order valence-electron chi connectivity index (χ1n) is 3.95. The summed E-state index contributed by atoms with van der Waals surface area (Å²) in [6.45, 7) is 4.56. The van der Waals surface area contributed by atoms with Crippen molar-refractivity contribution in [2.75, 3.05) is 8.86 Å². The summed E-state index contributed by atoms with van der Waals surface area (Å²) < 4.78 is 3.13. The zero-order valence-corrected chi connectivity index (χ0v) is 12.1. The van der Waals surface area contributed by atoms with Crippen LogP contribution in [0.1, 0.15) is 39.5 Å². The second-order valence-electron chi connectivity index (χ2n) is 2.27. The Morgan fingerprint density at radius 1 is 0.900 bits per heavy atom. The molecular formula is C8H18ISn-. The minimum atomic E-state index is 0. The van der Waals surface area contributed by atoms with Crippen molar-refractivity contribution < 1.29 is 21.2 Å². The van der Waals surface area contributed by atoms with Gasteiger partial charge in [-0.05, 0) is 0 Å². The molecule has 0 aliphatic carbocycles. The molecule has 0 heterocycles. The number of alkyl halides is 2. The first-order valence-corrected chi connectivity index (χ1v) is 7.00. The molecule has 0 spiro atoms. The number of hydrogen-bond donors (Lipinski definition) is 0. The third kappa shape index (κ3) is 12.2. The average Bonchev–Trinajstić information content (AvgIpc) is 1.89. The van der Waals surface area contributed by atoms with Crippen LogP contribution in [0.2, 0.25) is 0 Å². The second-order valence-corrected chi connectivity index (χ2v) is 5.51. The molecule has 4 radical (unpaired) electrons. The Morgan fingerprint density at radius 2 is 1.30 bits per heavy atom. The van der Waals surface area contributed by atoms with Crippen LogP contribution in [0.5, 0.6) is 0 Å². The zero-order valence-electron chi connectivity index (χ0n) is 7.12. The third-order valence-corrected chi connectivity index (χ3v) is 4.29. The van der Waals surface area contributed by atoms with Gasteiger partial charge in [-0.25, -0.2) is 0 Å². The van der Waals surface area contributed by atoms with Crippen molar-refractivity contribution in [1.29, 1.82) is 0 Å². The van der Waals surface area contributed by atoms with Gasteiger partial charge in [0.1, 0.15) is 0 Å². The van der Waals surface area contributed by atoms with Gasteiger partial charge in [0.05, 0.1) is 0 Å². The number of hydrogen-bond acceptors (Lipinski definition) is 0. The monoisotopic (exact) mass is 361 g/mol. The summed E-state index contributed by atoms with van der Waals surface area (Å²) in [5.41, 5.74) is 0. The van der Waals surface area contributed by atoms with Crippen LogP contribution in [-0.4, -0.2) is 32.8 Å². The van der Waals surface area contributed by atoms with Crippen molar-refractivity contribution in [2.45, 2.75) is 39.5 Å². The van der Waals surface area contributed by atoms with Gasteiger partial charge in [0.25, 0.3) is 0 Å². The first-order chi connectivity index (χ1) is 4.41. The van der Waals surface area contributed by atoms with Crippen molar-refractivity contribution in [2.24, 2.45) is 0 Å². The fraction of sp³-hybridized carbons (Fsp3) is 1.00. The molecule has 0 aliphatic heterocycles. The number of rotatable bonds is 6. The van der Waals surface area contributed by atoms with E-state index in [2.05, 4.69) is 13.8 Å². The molecule has 62 valence electrons. The van der Waals surface area contributed by atoms with E-state index in [0.717, 1.165) is 0 Å². The molecule has 0 bridgehead atoms. The van der Waals surface area contributed by atoms with Crippen molar-refractivity contribution in [3.8, 4) is 0 Å². The summed E-state index contributed by atoms with van der Waals surface area (Å²) in [6, 6.07) is 0.